The molecule has 0 amide bonds. The highest BCUT2D eigenvalue weighted by Gasteiger charge is 2.35. The zero-order valence-electron chi connectivity index (χ0n) is 7.04. The van der Waals surface area contributed by atoms with Crippen molar-refractivity contribution in [2.75, 3.05) is 0 Å². The molecule has 0 saturated heterocycles. The van der Waals surface area contributed by atoms with Crippen LogP contribution < -0.4 is 0 Å². The number of nitriles is 1. The van der Waals surface area contributed by atoms with Gasteiger partial charge in [-0.05, 0) is 6.07 Å². The topological polar surface area (TPSA) is 74.0 Å². The Morgan fingerprint density at radius 2 is 2.13 bits per heavy atom. The number of pyridine rings is 1. The second-order valence-electron chi connectivity index (χ2n) is 2.53. The van der Waals surface area contributed by atoms with E-state index < -0.39 is 29.0 Å². The molecule has 0 unspecified atom stereocenters. The van der Waals surface area contributed by atoms with E-state index in [0.717, 1.165) is 0 Å². The van der Waals surface area contributed by atoms with E-state index in [-0.39, 0.29) is 0 Å². The van der Waals surface area contributed by atoms with Crippen molar-refractivity contribution < 1.29 is 23.1 Å². The fraction of sp³-hybridized carbons (Fsp3) is 0.125. The summed E-state index contributed by atoms with van der Waals surface area (Å²) in [4.78, 5) is 13.5. The Morgan fingerprint density at radius 3 is 2.53 bits per heavy atom. The van der Waals surface area contributed by atoms with Gasteiger partial charge < -0.3 is 5.11 Å². The second-order valence-corrected chi connectivity index (χ2v) is 2.53. The number of aromatic nitrogens is 1. The van der Waals surface area contributed by atoms with Gasteiger partial charge in [0.25, 0.3) is 0 Å². The molecule has 0 aromatic carbocycles. The van der Waals surface area contributed by atoms with Crippen LogP contribution in [0.3, 0.4) is 0 Å². The van der Waals surface area contributed by atoms with Crippen LogP contribution in [0.4, 0.5) is 13.2 Å². The number of carboxylic acids is 1. The third-order valence-corrected chi connectivity index (χ3v) is 1.55. The average Bonchev–Trinajstić information content (AvgIpc) is 2.15. The van der Waals surface area contributed by atoms with Gasteiger partial charge >= 0.3 is 12.1 Å². The van der Waals surface area contributed by atoms with Crippen LogP contribution in [0.25, 0.3) is 0 Å². The summed E-state index contributed by atoms with van der Waals surface area (Å²) in [6, 6.07) is 1.63. The molecule has 0 aliphatic carbocycles. The van der Waals surface area contributed by atoms with E-state index in [1.54, 1.807) is 0 Å². The number of nitrogens with zero attached hydrogens (tertiary/aromatic N) is 2. The molecule has 0 bridgehead atoms. The first-order chi connectivity index (χ1) is 6.86. The molecular formula is C8H3F3N2O2. The highest BCUT2D eigenvalue weighted by molar-refractivity contribution is 5.87. The Morgan fingerprint density at radius 1 is 1.53 bits per heavy atom. The van der Waals surface area contributed by atoms with Gasteiger partial charge in [0.15, 0.2) is 5.69 Å². The van der Waals surface area contributed by atoms with Crippen LogP contribution in [0.15, 0.2) is 12.3 Å². The molecule has 4 nitrogen and oxygen atoms in total. The van der Waals surface area contributed by atoms with E-state index in [9.17, 15) is 18.0 Å². The first-order valence-electron chi connectivity index (χ1n) is 3.57. The second kappa shape index (κ2) is 3.57. The van der Waals surface area contributed by atoms with Crippen LogP contribution in [0.2, 0.25) is 0 Å². The number of alkyl halides is 3. The van der Waals surface area contributed by atoms with Gasteiger partial charge in [-0.3, -0.25) is 0 Å². The Hall–Kier alpha value is -2.10. The first-order valence-corrected chi connectivity index (χ1v) is 3.57. The average molecular weight is 216 g/mol. The van der Waals surface area contributed by atoms with Gasteiger partial charge in [-0.15, -0.1) is 0 Å². The summed E-state index contributed by atoms with van der Waals surface area (Å²) in [5, 5.41) is 16.8. The van der Waals surface area contributed by atoms with Gasteiger partial charge in [0.2, 0.25) is 0 Å². The van der Waals surface area contributed by atoms with Crippen molar-refractivity contribution in [3.05, 3.63) is 29.1 Å². The summed E-state index contributed by atoms with van der Waals surface area (Å²) >= 11 is 0. The van der Waals surface area contributed by atoms with Crippen LogP contribution in [0.1, 0.15) is 21.6 Å². The van der Waals surface area contributed by atoms with Gasteiger partial charge in [0.05, 0.1) is 11.1 Å². The van der Waals surface area contributed by atoms with Crippen molar-refractivity contribution in [3.63, 3.8) is 0 Å². The third-order valence-electron chi connectivity index (χ3n) is 1.55. The maximum atomic E-state index is 12.3. The SMILES string of the molecule is N#Cc1ncc(C(=O)O)cc1C(F)(F)F. The molecule has 1 N–H and O–H groups in total. The first kappa shape index (κ1) is 11.0. The highest BCUT2D eigenvalue weighted by atomic mass is 19.4. The van der Waals surface area contributed by atoms with Crippen molar-refractivity contribution in [3.8, 4) is 6.07 Å². The maximum Gasteiger partial charge on any atom is 0.419 e. The van der Waals surface area contributed by atoms with E-state index in [0.29, 0.717) is 12.3 Å². The lowest BCUT2D eigenvalue weighted by Crippen LogP contribution is -2.11. The van der Waals surface area contributed by atoms with E-state index >= 15 is 0 Å². The summed E-state index contributed by atoms with van der Waals surface area (Å²) in [6.07, 6.45) is -4.08. The van der Waals surface area contributed by atoms with Crippen LogP contribution in [-0.2, 0) is 6.18 Å². The Balaban J connectivity index is 3.40. The third kappa shape index (κ3) is 2.22. The summed E-state index contributed by atoms with van der Waals surface area (Å²) in [6.45, 7) is 0. The molecule has 1 rings (SSSR count). The van der Waals surface area contributed by atoms with Gasteiger partial charge in [-0.25, -0.2) is 9.78 Å². The number of carbonyl (C=O) groups is 1. The fourth-order valence-electron chi connectivity index (χ4n) is 0.887. The number of rotatable bonds is 1. The van der Waals surface area contributed by atoms with Crippen molar-refractivity contribution in [1.82, 2.24) is 4.98 Å². The van der Waals surface area contributed by atoms with Crippen molar-refractivity contribution in [2.45, 2.75) is 6.18 Å². The normalized spacial score (nSPS) is 10.8. The minimum atomic E-state index is -4.79. The summed E-state index contributed by atoms with van der Waals surface area (Å²) in [5.74, 6) is -1.53. The molecule has 0 fully saturated rings. The standard InChI is InChI=1S/C8H3F3N2O2/c9-8(10,11)5-1-4(7(14)15)3-13-6(5)2-12/h1,3H,(H,14,15). The lowest BCUT2D eigenvalue weighted by molar-refractivity contribution is -0.138. The monoisotopic (exact) mass is 216 g/mol. The molecule has 0 radical (unpaired) electrons. The van der Waals surface area contributed by atoms with Crippen LogP contribution in [0.5, 0.6) is 0 Å². The molecule has 1 aromatic heterocycles. The minimum absolute atomic E-state index is 0.383. The molecule has 0 saturated carbocycles. The van der Waals surface area contributed by atoms with Crippen LogP contribution in [-0.4, -0.2) is 16.1 Å². The largest absolute Gasteiger partial charge is 0.478 e. The Kier molecular flexibility index (Phi) is 2.61. The quantitative estimate of drug-likeness (QED) is 0.774. The molecule has 0 spiro atoms. The summed E-state index contributed by atoms with van der Waals surface area (Å²) in [5.41, 5.74) is -2.79. The van der Waals surface area contributed by atoms with Gasteiger partial charge in [-0.2, -0.15) is 18.4 Å². The van der Waals surface area contributed by atoms with Gasteiger partial charge in [-0.1, -0.05) is 0 Å². The lowest BCUT2D eigenvalue weighted by Gasteiger charge is -2.07. The molecule has 7 heteroatoms. The van der Waals surface area contributed by atoms with Crippen molar-refractivity contribution >= 4 is 5.97 Å². The van der Waals surface area contributed by atoms with E-state index in [4.69, 9.17) is 10.4 Å². The molecule has 15 heavy (non-hydrogen) atoms. The molecule has 0 atom stereocenters. The predicted octanol–water partition coefficient (Wildman–Crippen LogP) is 1.67. The maximum absolute atomic E-state index is 12.3. The van der Waals surface area contributed by atoms with Gasteiger partial charge in [0, 0.05) is 6.20 Å². The molecular weight excluding hydrogens is 213 g/mol. The molecule has 0 aliphatic heterocycles. The zero-order valence-corrected chi connectivity index (χ0v) is 7.04. The van der Waals surface area contributed by atoms with Crippen LogP contribution >= 0.6 is 0 Å². The number of halogens is 3. The summed E-state index contributed by atoms with van der Waals surface area (Å²) < 4.78 is 36.9. The van der Waals surface area contributed by atoms with E-state index in [2.05, 4.69) is 4.98 Å². The van der Waals surface area contributed by atoms with Crippen molar-refractivity contribution in [2.24, 2.45) is 0 Å². The fourth-order valence-corrected chi connectivity index (χ4v) is 0.887. The zero-order chi connectivity index (χ0) is 11.6. The number of hydrogen-bond donors (Lipinski definition) is 1. The molecule has 78 valence electrons. The van der Waals surface area contributed by atoms with Crippen molar-refractivity contribution in [1.29, 1.82) is 5.26 Å². The highest BCUT2D eigenvalue weighted by Crippen LogP contribution is 2.31. The Labute approximate surface area is 81.6 Å². The molecule has 1 aromatic rings. The van der Waals surface area contributed by atoms with E-state index in [1.807, 2.05) is 0 Å². The lowest BCUT2D eigenvalue weighted by atomic mass is 10.1. The predicted molar refractivity (Wildman–Crippen MR) is 40.9 cm³/mol. The van der Waals surface area contributed by atoms with Crippen LogP contribution in [0, 0.1) is 11.3 Å². The minimum Gasteiger partial charge on any atom is -0.478 e. The smallest absolute Gasteiger partial charge is 0.419 e. The number of hydrogen-bond acceptors (Lipinski definition) is 3. The summed E-state index contributed by atoms with van der Waals surface area (Å²) in [7, 11) is 0. The number of carboxylic acid groups (broad SMARTS) is 1. The molecule has 1 heterocycles. The van der Waals surface area contributed by atoms with Gasteiger partial charge in [0.1, 0.15) is 6.07 Å². The Bertz CT molecular complexity index is 448. The van der Waals surface area contributed by atoms with E-state index in [1.165, 1.54) is 6.07 Å². The number of aromatic carboxylic acids is 1. The molecule has 0 aliphatic rings.